The predicted molar refractivity (Wildman–Crippen MR) is 82.8 cm³/mol. The molecule has 0 saturated heterocycles. The van der Waals surface area contributed by atoms with E-state index in [0.29, 0.717) is 0 Å². The lowest BCUT2D eigenvalue weighted by Crippen LogP contribution is -2.45. The van der Waals surface area contributed by atoms with Crippen molar-refractivity contribution in [3.63, 3.8) is 0 Å². The van der Waals surface area contributed by atoms with E-state index in [1.165, 1.54) is 0 Å². The molecule has 2 nitrogen and oxygen atoms in total. The smallest absolute Gasteiger partial charge is 0.0978 e. The highest BCUT2D eigenvalue weighted by Gasteiger charge is 2.31. The average Bonchev–Trinajstić information content (AvgIpc) is 2.27. The Morgan fingerprint density at radius 2 is 1.89 bits per heavy atom. The molecule has 4 heteroatoms. The van der Waals surface area contributed by atoms with E-state index >= 15 is 0 Å². The molecule has 1 aromatic carbocycles. The number of hydrogen-bond acceptors (Lipinski definition) is 1. The monoisotopic (exact) mass is 331 g/mol. The van der Waals surface area contributed by atoms with Gasteiger partial charge in [0.15, 0.2) is 0 Å². The molecule has 0 radical (unpaired) electrons. The summed E-state index contributed by atoms with van der Waals surface area (Å²) >= 11 is 3.49. The molecule has 1 N–H and O–H groups in total. The molecule has 0 aliphatic heterocycles. The van der Waals surface area contributed by atoms with Crippen molar-refractivity contribution in [2.45, 2.75) is 51.3 Å². The van der Waals surface area contributed by atoms with Crippen LogP contribution in [-0.2, 0) is 16.5 Å². The molecule has 0 fully saturated rings. The fourth-order valence-electron chi connectivity index (χ4n) is 1.52. The van der Waals surface area contributed by atoms with Gasteiger partial charge in [0.25, 0.3) is 0 Å². The molecule has 102 valence electrons. The topological polar surface area (TPSA) is 29.1 Å². The van der Waals surface area contributed by atoms with Crippen molar-refractivity contribution in [3.8, 4) is 0 Å². The predicted octanol–water partition coefficient (Wildman–Crippen LogP) is 4.13. The van der Waals surface area contributed by atoms with E-state index in [2.05, 4.69) is 46.6 Å². The molecule has 1 rings (SSSR count). The maximum atomic E-state index is 12.3. The van der Waals surface area contributed by atoms with Crippen molar-refractivity contribution in [2.24, 2.45) is 0 Å². The molecular formula is C14H22BrNOS. The highest BCUT2D eigenvalue weighted by molar-refractivity contribution is 9.10. The molecule has 0 unspecified atom stereocenters. The van der Waals surface area contributed by atoms with E-state index in [-0.39, 0.29) is 10.3 Å². The fourth-order valence-corrected chi connectivity index (χ4v) is 2.90. The van der Waals surface area contributed by atoms with Crippen LogP contribution in [0.3, 0.4) is 0 Å². The van der Waals surface area contributed by atoms with Gasteiger partial charge in [0.2, 0.25) is 0 Å². The number of benzene rings is 1. The Kier molecular flexibility index (Phi) is 5.15. The minimum absolute atomic E-state index is 0.261. The maximum absolute atomic E-state index is 12.3. The number of hydrogen-bond donors (Lipinski definition) is 1. The number of nitrogens with one attached hydrogen (secondary N) is 1. The summed E-state index contributed by atoms with van der Waals surface area (Å²) in [5.41, 5.74) is 0.874. The standard InChI is InChI=1S/C14H22BrNOS/c1-6-14(5,16-18(17)13(2,3)4)11-8-7-9-12(15)10-11/h7-10,16H,6H2,1-5H3/t14-,18+/m0/s1. The highest BCUT2D eigenvalue weighted by Crippen LogP contribution is 2.28. The summed E-state index contributed by atoms with van der Waals surface area (Å²) < 4.78 is 16.3. The van der Waals surface area contributed by atoms with Crippen LogP contribution in [0, 0.1) is 0 Å². The average molecular weight is 332 g/mol. The molecule has 18 heavy (non-hydrogen) atoms. The third-order valence-corrected chi connectivity index (χ3v) is 5.28. The SMILES string of the molecule is CC[C@](C)(N[S@](=O)C(C)(C)C)c1cccc(Br)c1. The van der Waals surface area contributed by atoms with E-state index in [1.54, 1.807) is 0 Å². The zero-order chi connectivity index (χ0) is 14.0. The molecular weight excluding hydrogens is 310 g/mol. The van der Waals surface area contributed by atoms with Crippen LogP contribution in [0.25, 0.3) is 0 Å². The first-order chi connectivity index (χ1) is 8.19. The molecule has 0 bridgehead atoms. The molecule has 2 atom stereocenters. The Morgan fingerprint density at radius 3 is 2.33 bits per heavy atom. The summed E-state index contributed by atoms with van der Waals surface area (Å²) in [4.78, 5) is 0. The summed E-state index contributed by atoms with van der Waals surface area (Å²) in [6.45, 7) is 10.1. The lowest BCUT2D eigenvalue weighted by Gasteiger charge is -2.33. The third-order valence-electron chi connectivity index (χ3n) is 3.04. The number of rotatable bonds is 4. The van der Waals surface area contributed by atoms with Crippen molar-refractivity contribution < 1.29 is 4.21 Å². The lowest BCUT2D eigenvalue weighted by atomic mass is 9.91. The van der Waals surface area contributed by atoms with Crippen LogP contribution in [0.1, 0.15) is 46.6 Å². The highest BCUT2D eigenvalue weighted by atomic mass is 79.9. The van der Waals surface area contributed by atoms with Crippen LogP contribution in [0.15, 0.2) is 28.7 Å². The Bertz CT molecular complexity index is 442. The van der Waals surface area contributed by atoms with Crippen molar-refractivity contribution in [3.05, 3.63) is 34.3 Å². The van der Waals surface area contributed by atoms with E-state index in [0.717, 1.165) is 16.5 Å². The second-order valence-corrected chi connectivity index (χ2v) is 8.56. The van der Waals surface area contributed by atoms with Gasteiger partial charge in [0.05, 0.1) is 21.3 Å². The van der Waals surface area contributed by atoms with Crippen LogP contribution >= 0.6 is 15.9 Å². The molecule has 0 saturated carbocycles. The second kappa shape index (κ2) is 5.85. The molecule has 0 aliphatic rings. The van der Waals surface area contributed by atoms with Crippen LogP contribution in [-0.4, -0.2) is 8.96 Å². The van der Waals surface area contributed by atoms with E-state index in [4.69, 9.17) is 0 Å². The summed E-state index contributed by atoms with van der Waals surface area (Å²) in [5.74, 6) is 0. The van der Waals surface area contributed by atoms with Gasteiger partial charge in [-0.3, -0.25) is 0 Å². The van der Waals surface area contributed by atoms with Gasteiger partial charge >= 0.3 is 0 Å². The van der Waals surface area contributed by atoms with Gasteiger partial charge in [0.1, 0.15) is 0 Å². The lowest BCUT2D eigenvalue weighted by molar-refractivity contribution is 0.425. The Labute approximate surface area is 121 Å². The molecule has 0 aliphatic carbocycles. The first-order valence-corrected chi connectivity index (χ1v) is 8.09. The normalized spacial score (nSPS) is 17.2. The van der Waals surface area contributed by atoms with E-state index < -0.39 is 11.0 Å². The van der Waals surface area contributed by atoms with Gasteiger partial charge in [-0.2, -0.15) is 0 Å². The van der Waals surface area contributed by atoms with Gasteiger partial charge in [-0.05, 0) is 51.8 Å². The van der Waals surface area contributed by atoms with Crippen LogP contribution in [0.4, 0.5) is 0 Å². The van der Waals surface area contributed by atoms with Crippen LogP contribution in [0.2, 0.25) is 0 Å². The molecule has 0 spiro atoms. The fraction of sp³-hybridized carbons (Fsp3) is 0.571. The quantitative estimate of drug-likeness (QED) is 0.883. The number of halogens is 1. The van der Waals surface area contributed by atoms with Gasteiger partial charge in [-0.15, -0.1) is 0 Å². The van der Waals surface area contributed by atoms with Gasteiger partial charge in [-0.1, -0.05) is 35.0 Å². The van der Waals surface area contributed by atoms with Crippen LogP contribution in [0.5, 0.6) is 0 Å². The minimum atomic E-state index is -1.08. The van der Waals surface area contributed by atoms with Gasteiger partial charge in [-0.25, -0.2) is 8.93 Å². The first kappa shape index (κ1) is 15.9. The van der Waals surface area contributed by atoms with Gasteiger partial charge < -0.3 is 0 Å². The molecule has 0 aromatic heterocycles. The summed E-state index contributed by atoms with van der Waals surface area (Å²) in [7, 11) is -1.08. The minimum Gasteiger partial charge on any atom is -0.242 e. The zero-order valence-electron chi connectivity index (χ0n) is 11.7. The largest absolute Gasteiger partial charge is 0.242 e. The zero-order valence-corrected chi connectivity index (χ0v) is 14.1. The van der Waals surface area contributed by atoms with Crippen molar-refractivity contribution >= 4 is 26.9 Å². The van der Waals surface area contributed by atoms with Crippen molar-refractivity contribution in [1.29, 1.82) is 0 Å². The van der Waals surface area contributed by atoms with Crippen LogP contribution < -0.4 is 4.72 Å². The summed E-state index contributed by atoms with van der Waals surface area (Å²) in [5, 5.41) is 0. The van der Waals surface area contributed by atoms with E-state index in [9.17, 15) is 4.21 Å². The Hall–Kier alpha value is -0.190. The Morgan fingerprint density at radius 1 is 1.28 bits per heavy atom. The maximum Gasteiger partial charge on any atom is 0.0978 e. The molecule has 1 aromatic rings. The molecule has 0 amide bonds. The van der Waals surface area contributed by atoms with Crippen molar-refractivity contribution in [1.82, 2.24) is 4.72 Å². The summed E-state index contributed by atoms with van der Waals surface area (Å²) in [6.07, 6.45) is 0.880. The molecule has 0 heterocycles. The third kappa shape index (κ3) is 3.90. The Balaban J connectivity index is 3.03. The van der Waals surface area contributed by atoms with E-state index in [1.807, 2.05) is 32.9 Å². The van der Waals surface area contributed by atoms with Crippen molar-refractivity contribution in [2.75, 3.05) is 0 Å². The van der Waals surface area contributed by atoms with Gasteiger partial charge in [0, 0.05) is 4.47 Å². The first-order valence-electron chi connectivity index (χ1n) is 6.15. The second-order valence-electron chi connectivity index (χ2n) is 5.68. The summed E-state index contributed by atoms with van der Waals surface area (Å²) in [6, 6.07) is 8.16.